The van der Waals surface area contributed by atoms with Crippen molar-refractivity contribution in [3.8, 4) is 0 Å². The van der Waals surface area contributed by atoms with Crippen molar-refractivity contribution < 1.29 is 14.9 Å². The van der Waals surface area contributed by atoms with Crippen LogP contribution in [0.1, 0.15) is 18.2 Å². The van der Waals surface area contributed by atoms with E-state index in [0.29, 0.717) is 0 Å². The van der Waals surface area contributed by atoms with Gasteiger partial charge in [-0.3, -0.25) is 14.3 Å². The van der Waals surface area contributed by atoms with Gasteiger partial charge in [-0.1, -0.05) is 12.2 Å². The number of rotatable bonds is 5. The van der Waals surface area contributed by atoms with Crippen molar-refractivity contribution in [2.45, 2.75) is 24.9 Å². The molecule has 1 saturated heterocycles. The number of aliphatic hydroxyl groups is 2. The van der Waals surface area contributed by atoms with E-state index >= 15 is 0 Å². The zero-order valence-corrected chi connectivity index (χ0v) is 12.3. The molecule has 0 aromatic carbocycles. The Labute approximate surface area is 130 Å². The number of nitrogens with one attached hydrogen (secondary N) is 1. The number of guanidine groups is 1. The molecule has 1 aromatic rings. The Kier molecular flexibility index (Phi) is 5.32. The first-order valence-electron chi connectivity index (χ1n) is 6.94. The molecule has 0 radical (unpaired) electrons. The van der Waals surface area contributed by atoms with E-state index in [2.05, 4.69) is 9.98 Å². The maximum Gasteiger partial charge on any atom is 0.330 e. The smallest absolute Gasteiger partial charge is 0.330 e. The molecule has 0 bridgehead atoms. The Morgan fingerprint density at radius 1 is 1.52 bits per heavy atom. The van der Waals surface area contributed by atoms with Crippen molar-refractivity contribution in [3.63, 3.8) is 0 Å². The molecule has 1 aromatic heterocycles. The second-order valence-corrected chi connectivity index (χ2v) is 5.03. The van der Waals surface area contributed by atoms with Crippen molar-refractivity contribution in [1.29, 1.82) is 0 Å². The van der Waals surface area contributed by atoms with Crippen LogP contribution in [0.25, 0.3) is 6.08 Å². The van der Waals surface area contributed by atoms with Crippen LogP contribution in [0.2, 0.25) is 0 Å². The molecule has 2 rings (SSSR count). The van der Waals surface area contributed by atoms with Gasteiger partial charge in [0.2, 0.25) is 0 Å². The highest BCUT2D eigenvalue weighted by molar-refractivity contribution is 5.75. The van der Waals surface area contributed by atoms with Crippen LogP contribution in [0.3, 0.4) is 0 Å². The molecule has 7 N–H and O–H groups in total. The van der Waals surface area contributed by atoms with Crippen molar-refractivity contribution in [1.82, 2.24) is 9.55 Å². The summed E-state index contributed by atoms with van der Waals surface area (Å²) >= 11 is 0. The molecule has 1 fully saturated rings. The van der Waals surface area contributed by atoms with Gasteiger partial charge in [-0.25, -0.2) is 9.79 Å². The third kappa shape index (κ3) is 4.06. The Hall–Kier alpha value is -2.43. The molecule has 23 heavy (non-hydrogen) atoms. The predicted molar refractivity (Wildman–Crippen MR) is 82.7 cm³/mol. The molecule has 2 heterocycles. The van der Waals surface area contributed by atoms with Crippen LogP contribution in [-0.4, -0.2) is 51.1 Å². The van der Waals surface area contributed by atoms with Crippen molar-refractivity contribution in [3.05, 3.63) is 38.7 Å². The number of nitrogens with two attached hydrogens (primary N) is 2. The van der Waals surface area contributed by atoms with Crippen molar-refractivity contribution in [2.75, 3.05) is 13.2 Å². The molecule has 1 aliphatic heterocycles. The number of hydrogen-bond donors (Lipinski definition) is 5. The first kappa shape index (κ1) is 16.9. The van der Waals surface area contributed by atoms with Gasteiger partial charge in [0.15, 0.2) is 5.96 Å². The molecule has 0 spiro atoms. The minimum absolute atomic E-state index is 0.0723. The monoisotopic (exact) mass is 325 g/mol. The maximum absolute atomic E-state index is 11.9. The van der Waals surface area contributed by atoms with Crippen LogP contribution in [0, 0.1) is 0 Å². The Balaban J connectivity index is 2.25. The minimum atomic E-state index is -0.885. The fourth-order valence-corrected chi connectivity index (χ4v) is 2.22. The summed E-state index contributed by atoms with van der Waals surface area (Å²) in [7, 11) is 0. The summed E-state index contributed by atoms with van der Waals surface area (Å²) in [5.41, 5.74) is 9.36. The highest BCUT2D eigenvalue weighted by Crippen LogP contribution is 2.27. The van der Waals surface area contributed by atoms with Gasteiger partial charge < -0.3 is 26.4 Å². The molecule has 0 saturated carbocycles. The van der Waals surface area contributed by atoms with Gasteiger partial charge in [-0.05, 0) is 0 Å². The third-order valence-corrected chi connectivity index (χ3v) is 3.37. The largest absolute Gasteiger partial charge is 0.394 e. The van der Waals surface area contributed by atoms with Crippen LogP contribution in [0.5, 0.6) is 0 Å². The normalized spacial score (nSPS) is 24.2. The zero-order valence-electron chi connectivity index (χ0n) is 12.3. The molecule has 0 aliphatic carbocycles. The average molecular weight is 325 g/mol. The predicted octanol–water partition coefficient (Wildman–Crippen LogP) is -2.54. The molecular weight excluding hydrogens is 306 g/mol. The number of aliphatic hydroxyl groups excluding tert-OH is 2. The summed E-state index contributed by atoms with van der Waals surface area (Å²) in [5.74, 6) is -0.0723. The molecular formula is C13H19N5O5. The molecule has 0 unspecified atom stereocenters. The van der Waals surface area contributed by atoms with E-state index in [4.69, 9.17) is 21.3 Å². The SMILES string of the molecule is NC(N)=NC/C=C/c1cn([C@H]2C[C@H](O)[C@@H](CO)O2)c(=O)[nH]c1=O. The summed E-state index contributed by atoms with van der Waals surface area (Å²) in [6, 6.07) is 0. The van der Waals surface area contributed by atoms with Crippen molar-refractivity contribution in [2.24, 2.45) is 16.5 Å². The van der Waals surface area contributed by atoms with Crippen LogP contribution in [0.15, 0.2) is 26.9 Å². The fourth-order valence-electron chi connectivity index (χ4n) is 2.22. The molecule has 10 heteroatoms. The zero-order chi connectivity index (χ0) is 17.0. The van der Waals surface area contributed by atoms with E-state index in [9.17, 15) is 14.7 Å². The lowest BCUT2D eigenvalue weighted by Crippen LogP contribution is -2.33. The lowest BCUT2D eigenvalue weighted by molar-refractivity contribution is -0.0459. The Morgan fingerprint density at radius 3 is 2.87 bits per heavy atom. The van der Waals surface area contributed by atoms with Gasteiger partial charge >= 0.3 is 5.69 Å². The average Bonchev–Trinajstić information content (AvgIpc) is 2.86. The van der Waals surface area contributed by atoms with Gasteiger partial charge in [0.25, 0.3) is 5.56 Å². The fraction of sp³-hybridized carbons (Fsp3) is 0.462. The number of H-pyrrole nitrogens is 1. The third-order valence-electron chi connectivity index (χ3n) is 3.37. The van der Waals surface area contributed by atoms with Crippen LogP contribution >= 0.6 is 0 Å². The van der Waals surface area contributed by atoms with Crippen molar-refractivity contribution >= 4 is 12.0 Å². The van der Waals surface area contributed by atoms with E-state index in [-0.39, 0.29) is 31.1 Å². The van der Waals surface area contributed by atoms with E-state index in [1.807, 2.05) is 0 Å². The Morgan fingerprint density at radius 2 is 2.26 bits per heavy atom. The van der Waals surface area contributed by atoms with Gasteiger partial charge in [-0.15, -0.1) is 0 Å². The van der Waals surface area contributed by atoms with Crippen LogP contribution in [-0.2, 0) is 4.74 Å². The maximum atomic E-state index is 11.9. The summed E-state index contributed by atoms with van der Waals surface area (Å²) in [6.45, 7) is -0.173. The quantitative estimate of drug-likeness (QED) is 0.293. The molecule has 10 nitrogen and oxygen atoms in total. The number of ether oxygens (including phenoxy) is 1. The highest BCUT2D eigenvalue weighted by Gasteiger charge is 2.35. The lowest BCUT2D eigenvalue weighted by atomic mass is 10.2. The van der Waals surface area contributed by atoms with Gasteiger partial charge in [-0.2, -0.15) is 0 Å². The second-order valence-electron chi connectivity index (χ2n) is 5.03. The summed E-state index contributed by atoms with van der Waals surface area (Å²) in [4.78, 5) is 29.6. The van der Waals surface area contributed by atoms with Crippen LogP contribution < -0.4 is 22.7 Å². The number of hydrogen-bond acceptors (Lipinski definition) is 6. The van der Waals surface area contributed by atoms with E-state index < -0.39 is 29.7 Å². The standard InChI is InChI=1S/C13H19N5O5/c14-12(15)16-3-1-2-7-5-18(13(22)17-11(7)21)10-4-8(20)9(6-19)23-10/h1-2,5,8-10,19-20H,3-4,6H2,(H4,14,15,16)(H,17,21,22)/b2-1+/t8-,9+,10+/m0/s1. The van der Waals surface area contributed by atoms with E-state index in [1.54, 1.807) is 6.08 Å². The topological polar surface area (TPSA) is 169 Å². The number of aromatic amines is 1. The van der Waals surface area contributed by atoms with E-state index in [1.165, 1.54) is 16.8 Å². The number of aromatic nitrogens is 2. The molecule has 1 aliphatic rings. The summed E-state index contributed by atoms with van der Waals surface area (Å²) in [6.07, 6.45) is 2.06. The molecule has 3 atom stereocenters. The lowest BCUT2D eigenvalue weighted by Gasteiger charge is -2.14. The van der Waals surface area contributed by atoms with Crippen LogP contribution in [0.4, 0.5) is 0 Å². The summed E-state index contributed by atoms with van der Waals surface area (Å²) < 4.78 is 6.57. The first-order valence-corrected chi connectivity index (χ1v) is 6.94. The minimum Gasteiger partial charge on any atom is -0.394 e. The van der Waals surface area contributed by atoms with Gasteiger partial charge in [0.05, 0.1) is 24.8 Å². The molecule has 0 amide bonds. The Bertz CT molecular complexity index is 718. The van der Waals surface area contributed by atoms with Gasteiger partial charge in [0, 0.05) is 12.6 Å². The second kappa shape index (κ2) is 7.22. The van der Waals surface area contributed by atoms with E-state index in [0.717, 1.165) is 0 Å². The first-order chi connectivity index (χ1) is 10.9. The van der Waals surface area contributed by atoms with Gasteiger partial charge in [0.1, 0.15) is 12.3 Å². The number of nitrogens with zero attached hydrogens (tertiary/aromatic N) is 2. The molecule has 126 valence electrons. The highest BCUT2D eigenvalue weighted by atomic mass is 16.5. The number of aliphatic imine (C=N–C) groups is 1. The summed E-state index contributed by atoms with van der Waals surface area (Å²) in [5, 5.41) is 18.8.